The molecule has 6 rings (SSSR count). The van der Waals surface area contributed by atoms with Crippen LogP contribution in [0.5, 0.6) is 0 Å². The number of furan rings is 1. The van der Waals surface area contributed by atoms with Crippen molar-refractivity contribution in [1.29, 1.82) is 5.26 Å². The highest BCUT2D eigenvalue weighted by molar-refractivity contribution is 7.25. The second kappa shape index (κ2) is 6.12. The number of thiophene rings is 1. The van der Waals surface area contributed by atoms with E-state index in [0.717, 1.165) is 47.7 Å². The molecule has 6 heteroatoms. The Morgan fingerprint density at radius 3 is 2.73 bits per heavy atom. The molecule has 0 N–H and O–H groups in total. The van der Waals surface area contributed by atoms with E-state index in [4.69, 9.17) is 11.0 Å². The molecule has 0 bridgehead atoms. The van der Waals surface area contributed by atoms with Crippen molar-refractivity contribution in [3.63, 3.8) is 0 Å². The Balaban J connectivity index is 1.62. The predicted octanol–water partition coefficient (Wildman–Crippen LogP) is 6.83. The summed E-state index contributed by atoms with van der Waals surface area (Å²) in [7, 11) is 0. The molecule has 0 aliphatic rings. The second-order valence-electron chi connectivity index (χ2n) is 6.95. The van der Waals surface area contributed by atoms with Gasteiger partial charge in [-0.15, -0.1) is 16.3 Å². The Hall–Kier alpha value is -4.26. The zero-order valence-electron chi connectivity index (χ0n) is 15.4. The van der Waals surface area contributed by atoms with Crippen LogP contribution in [0.15, 0.2) is 65.5 Å². The van der Waals surface area contributed by atoms with E-state index in [1.165, 1.54) is 0 Å². The van der Waals surface area contributed by atoms with E-state index in [9.17, 15) is 5.26 Å². The van der Waals surface area contributed by atoms with Crippen molar-refractivity contribution in [2.75, 3.05) is 0 Å². The Morgan fingerprint density at radius 1 is 0.933 bits per heavy atom. The first-order valence-electron chi connectivity index (χ1n) is 9.15. The minimum absolute atomic E-state index is 0.405. The maximum atomic E-state index is 9.18. The van der Waals surface area contributed by atoms with E-state index < -0.39 is 0 Å². The third kappa shape index (κ3) is 2.32. The standard InChI is InChI=1S/C24H10N4OS/c1-26-23-8-22-18(12-28-23)16-7-14(3-5-21(16)30-22)17-10-27-11-19-15-4-2-13(9-25)6-20(15)29-24(17)19/h2-8,10-12H. The number of fused-ring (bicyclic) bond motifs is 6. The number of pyridine rings is 2. The molecule has 138 valence electrons. The summed E-state index contributed by atoms with van der Waals surface area (Å²) < 4.78 is 8.35. The van der Waals surface area contributed by atoms with Gasteiger partial charge >= 0.3 is 0 Å². The molecule has 0 spiro atoms. The lowest BCUT2D eigenvalue weighted by Gasteiger charge is -2.03. The highest BCUT2D eigenvalue weighted by Crippen LogP contribution is 2.40. The van der Waals surface area contributed by atoms with Gasteiger partial charge in [-0.2, -0.15) is 5.26 Å². The van der Waals surface area contributed by atoms with E-state index >= 15 is 0 Å². The average molecular weight is 402 g/mol. The molecule has 0 unspecified atom stereocenters. The molecule has 0 amide bonds. The van der Waals surface area contributed by atoms with Crippen LogP contribution in [-0.2, 0) is 0 Å². The van der Waals surface area contributed by atoms with Gasteiger partial charge in [-0.25, -0.2) is 0 Å². The van der Waals surface area contributed by atoms with Gasteiger partial charge < -0.3 is 9.26 Å². The molecule has 4 heterocycles. The molecule has 6 aromatic rings. The second-order valence-corrected chi connectivity index (χ2v) is 8.04. The molecule has 30 heavy (non-hydrogen) atoms. The van der Waals surface area contributed by atoms with Gasteiger partial charge in [0.2, 0.25) is 0 Å². The average Bonchev–Trinajstić information content (AvgIpc) is 3.35. The molecule has 0 fully saturated rings. The number of hydrogen-bond donors (Lipinski definition) is 0. The summed E-state index contributed by atoms with van der Waals surface area (Å²) in [5, 5.41) is 13.2. The fourth-order valence-electron chi connectivity index (χ4n) is 3.85. The van der Waals surface area contributed by atoms with Crippen molar-refractivity contribution in [2.45, 2.75) is 0 Å². The van der Waals surface area contributed by atoms with Crippen LogP contribution in [0.4, 0.5) is 5.82 Å². The SMILES string of the molecule is [C-]#[N+]c1cc2sc3ccc(-c4cncc5c4oc4cc(C#N)ccc45)cc3c2cn1. The van der Waals surface area contributed by atoms with Gasteiger partial charge in [0.05, 0.1) is 11.6 Å². The highest BCUT2D eigenvalue weighted by atomic mass is 32.1. The fraction of sp³-hybridized carbons (Fsp3) is 0. The summed E-state index contributed by atoms with van der Waals surface area (Å²) in [5.74, 6) is 0.405. The van der Waals surface area contributed by atoms with E-state index in [2.05, 4.69) is 39.1 Å². The number of nitriles is 1. The van der Waals surface area contributed by atoms with Crippen LogP contribution in [0.25, 0.3) is 58.1 Å². The third-order valence-electron chi connectivity index (χ3n) is 5.28. The smallest absolute Gasteiger partial charge is 0.270 e. The zero-order chi connectivity index (χ0) is 20.2. The molecule has 0 saturated carbocycles. The summed E-state index contributed by atoms with van der Waals surface area (Å²) in [6, 6.07) is 15.7. The Kier molecular flexibility index (Phi) is 3.40. The number of benzene rings is 2. The molecular weight excluding hydrogens is 392 g/mol. The molecular formula is C24H10N4OS. The maximum absolute atomic E-state index is 9.18. The molecule has 0 radical (unpaired) electrons. The summed E-state index contributed by atoms with van der Waals surface area (Å²) >= 11 is 1.65. The Bertz CT molecular complexity index is 1730. The van der Waals surface area contributed by atoms with Gasteiger partial charge in [0, 0.05) is 48.9 Å². The van der Waals surface area contributed by atoms with Crippen molar-refractivity contribution in [3.05, 3.63) is 78.0 Å². The van der Waals surface area contributed by atoms with Crippen molar-refractivity contribution in [2.24, 2.45) is 0 Å². The van der Waals surface area contributed by atoms with Gasteiger partial charge in [-0.05, 0) is 42.0 Å². The van der Waals surface area contributed by atoms with E-state index in [1.54, 1.807) is 42.1 Å². The Labute approximate surface area is 174 Å². The normalized spacial score (nSPS) is 11.3. The first kappa shape index (κ1) is 16.7. The summed E-state index contributed by atoms with van der Waals surface area (Å²) in [6.07, 6.45) is 5.38. The third-order valence-corrected chi connectivity index (χ3v) is 6.41. The van der Waals surface area contributed by atoms with Crippen LogP contribution in [0, 0.1) is 17.9 Å². The van der Waals surface area contributed by atoms with Gasteiger partial charge in [0.1, 0.15) is 17.4 Å². The molecule has 0 atom stereocenters. The largest absolute Gasteiger partial charge is 0.455 e. The minimum Gasteiger partial charge on any atom is -0.455 e. The highest BCUT2D eigenvalue weighted by Gasteiger charge is 2.15. The lowest BCUT2D eigenvalue weighted by molar-refractivity contribution is 0.669. The van der Waals surface area contributed by atoms with Crippen LogP contribution < -0.4 is 0 Å². The van der Waals surface area contributed by atoms with Gasteiger partial charge in [-0.1, -0.05) is 12.6 Å². The first-order valence-corrected chi connectivity index (χ1v) is 9.97. The van der Waals surface area contributed by atoms with Crippen LogP contribution in [0.1, 0.15) is 5.56 Å². The van der Waals surface area contributed by atoms with Crippen LogP contribution in [0.3, 0.4) is 0 Å². The van der Waals surface area contributed by atoms with E-state index in [1.807, 2.05) is 12.1 Å². The minimum atomic E-state index is 0.405. The molecule has 4 aromatic heterocycles. The maximum Gasteiger partial charge on any atom is 0.270 e. The van der Waals surface area contributed by atoms with Gasteiger partial charge in [0.25, 0.3) is 5.82 Å². The predicted molar refractivity (Wildman–Crippen MR) is 119 cm³/mol. The lowest BCUT2D eigenvalue weighted by atomic mass is 10.0. The van der Waals surface area contributed by atoms with Gasteiger partial charge in [0.15, 0.2) is 0 Å². The van der Waals surface area contributed by atoms with Crippen molar-refractivity contribution >= 4 is 59.3 Å². The molecule has 0 aliphatic carbocycles. The lowest BCUT2D eigenvalue weighted by Crippen LogP contribution is -1.81. The first-order chi connectivity index (χ1) is 14.7. The quantitative estimate of drug-likeness (QED) is 0.283. The van der Waals surface area contributed by atoms with Crippen LogP contribution in [-0.4, -0.2) is 9.97 Å². The van der Waals surface area contributed by atoms with Crippen LogP contribution in [0.2, 0.25) is 0 Å². The van der Waals surface area contributed by atoms with Crippen molar-refractivity contribution in [1.82, 2.24) is 9.97 Å². The molecule has 0 aliphatic heterocycles. The van der Waals surface area contributed by atoms with E-state index in [-0.39, 0.29) is 0 Å². The summed E-state index contributed by atoms with van der Waals surface area (Å²) in [5.41, 5.74) is 3.88. The van der Waals surface area contributed by atoms with Crippen molar-refractivity contribution in [3.8, 4) is 17.2 Å². The number of hydrogen-bond acceptors (Lipinski definition) is 5. The number of rotatable bonds is 1. The van der Waals surface area contributed by atoms with E-state index in [0.29, 0.717) is 17.0 Å². The topological polar surface area (TPSA) is 67.1 Å². The molecule has 5 nitrogen and oxygen atoms in total. The monoisotopic (exact) mass is 402 g/mol. The molecule has 0 saturated heterocycles. The summed E-state index contributed by atoms with van der Waals surface area (Å²) in [6.45, 7) is 7.18. The van der Waals surface area contributed by atoms with Crippen molar-refractivity contribution < 1.29 is 4.42 Å². The summed E-state index contributed by atoms with van der Waals surface area (Å²) in [4.78, 5) is 12.1. The number of aromatic nitrogens is 2. The zero-order valence-corrected chi connectivity index (χ0v) is 16.2. The Morgan fingerprint density at radius 2 is 1.87 bits per heavy atom. The molecule has 2 aromatic carbocycles. The number of nitrogens with zero attached hydrogens (tertiary/aromatic N) is 4. The van der Waals surface area contributed by atoms with Gasteiger partial charge in [-0.3, -0.25) is 4.98 Å². The fourth-order valence-corrected chi connectivity index (χ4v) is 4.94. The van der Waals surface area contributed by atoms with Crippen LogP contribution >= 0.6 is 11.3 Å².